The molecule has 49 heavy (non-hydrogen) atoms. The van der Waals surface area contributed by atoms with E-state index in [1.807, 2.05) is 0 Å². The van der Waals surface area contributed by atoms with Gasteiger partial charge in [0, 0.05) is 62.5 Å². The van der Waals surface area contributed by atoms with E-state index in [9.17, 15) is 14.0 Å². The summed E-state index contributed by atoms with van der Waals surface area (Å²) in [7, 11) is 3.68. The zero-order valence-corrected chi connectivity index (χ0v) is 27.4. The molecular formula is C36H36F2N6O5. The number of piperazine rings is 1. The average molecular weight is 671 g/mol. The van der Waals surface area contributed by atoms with Gasteiger partial charge in [0.1, 0.15) is 11.6 Å². The Morgan fingerprint density at radius 3 is 2.47 bits per heavy atom. The summed E-state index contributed by atoms with van der Waals surface area (Å²) in [6.07, 6.45) is 2.42. The molecular weight excluding hydrogens is 634 g/mol. The molecule has 1 amide bonds. The molecule has 5 aromatic rings. The highest BCUT2D eigenvalue weighted by molar-refractivity contribution is 6.03. The minimum Gasteiger partial charge on any atom is -0.493 e. The van der Waals surface area contributed by atoms with Crippen LogP contribution >= 0.6 is 0 Å². The summed E-state index contributed by atoms with van der Waals surface area (Å²) in [5.74, 6) is -0.878. The Morgan fingerprint density at radius 2 is 1.71 bits per heavy atom. The fourth-order valence-corrected chi connectivity index (χ4v) is 5.55. The molecule has 254 valence electrons. The molecule has 0 aliphatic carbocycles. The number of aromatic nitrogens is 3. The van der Waals surface area contributed by atoms with Crippen molar-refractivity contribution in [3.8, 4) is 28.7 Å². The first-order valence-electron chi connectivity index (χ1n) is 15.9. The minimum atomic E-state index is -0.777. The van der Waals surface area contributed by atoms with Crippen molar-refractivity contribution >= 4 is 22.5 Å². The molecule has 0 unspecified atom stereocenters. The summed E-state index contributed by atoms with van der Waals surface area (Å²) in [6.45, 7) is 7.22. The topological polar surface area (TPSA) is 111 Å². The zero-order chi connectivity index (χ0) is 34.5. The van der Waals surface area contributed by atoms with Gasteiger partial charge >= 0.3 is 0 Å². The summed E-state index contributed by atoms with van der Waals surface area (Å²) in [4.78, 5) is 35.0. The predicted molar refractivity (Wildman–Crippen MR) is 181 cm³/mol. The van der Waals surface area contributed by atoms with Gasteiger partial charge in [-0.1, -0.05) is 12.1 Å². The summed E-state index contributed by atoms with van der Waals surface area (Å²) in [5.41, 5.74) is 0.152. The largest absolute Gasteiger partial charge is 0.493 e. The van der Waals surface area contributed by atoms with Crippen LogP contribution in [0.25, 0.3) is 16.6 Å². The average Bonchev–Trinajstić information content (AvgIpc) is 3.09. The zero-order valence-electron chi connectivity index (χ0n) is 27.4. The second kappa shape index (κ2) is 14.8. The molecule has 0 saturated carbocycles. The molecule has 1 saturated heterocycles. The molecule has 1 N–H and O–H groups in total. The van der Waals surface area contributed by atoms with Crippen LogP contribution in [-0.2, 0) is 0 Å². The summed E-state index contributed by atoms with van der Waals surface area (Å²) >= 11 is 0. The predicted octanol–water partition coefficient (Wildman–Crippen LogP) is 5.44. The molecule has 1 fully saturated rings. The lowest BCUT2D eigenvalue weighted by molar-refractivity contribution is 0.101. The van der Waals surface area contributed by atoms with Gasteiger partial charge in [-0.15, -0.1) is 0 Å². The van der Waals surface area contributed by atoms with Crippen molar-refractivity contribution in [3.05, 3.63) is 106 Å². The van der Waals surface area contributed by atoms with Crippen LogP contribution in [0.3, 0.4) is 0 Å². The van der Waals surface area contributed by atoms with E-state index < -0.39 is 23.1 Å². The summed E-state index contributed by atoms with van der Waals surface area (Å²) in [5, 5.41) is 7.20. The second-order valence-corrected chi connectivity index (χ2v) is 11.8. The SMILES string of the molecule is COc1cc2c(Oc3ccc(-n4nc(C(=O)Nc5ccccc5F)c(C)cc4=O)cc3F)ccnc2cc1OCCCN1CCN(C)CC1. The summed E-state index contributed by atoms with van der Waals surface area (Å²) in [6, 6.07) is 15.9. The van der Waals surface area contributed by atoms with Gasteiger partial charge in [0.25, 0.3) is 11.5 Å². The number of benzene rings is 3. The van der Waals surface area contributed by atoms with Crippen LogP contribution in [-0.4, -0.2) is 84.0 Å². The number of amides is 1. The van der Waals surface area contributed by atoms with E-state index in [0.29, 0.717) is 34.8 Å². The van der Waals surface area contributed by atoms with E-state index >= 15 is 4.39 Å². The number of hydrogen-bond donors (Lipinski definition) is 1. The molecule has 0 spiro atoms. The van der Waals surface area contributed by atoms with Crippen LogP contribution in [0, 0.1) is 18.6 Å². The van der Waals surface area contributed by atoms with E-state index in [1.54, 1.807) is 37.6 Å². The number of carbonyl (C=O) groups is 1. The maximum absolute atomic E-state index is 15.5. The monoisotopic (exact) mass is 670 g/mol. The number of carbonyl (C=O) groups excluding carboxylic acids is 1. The number of rotatable bonds is 11. The number of fused-ring (bicyclic) bond motifs is 1. The number of hydrogen-bond acceptors (Lipinski definition) is 9. The van der Waals surface area contributed by atoms with Gasteiger partial charge in [-0.25, -0.2) is 8.78 Å². The van der Waals surface area contributed by atoms with Crippen LogP contribution in [0.15, 0.2) is 77.7 Å². The maximum Gasteiger partial charge on any atom is 0.276 e. The molecule has 3 aromatic carbocycles. The van der Waals surface area contributed by atoms with Gasteiger partial charge in [-0.05, 0) is 62.4 Å². The highest BCUT2D eigenvalue weighted by Crippen LogP contribution is 2.38. The normalized spacial score (nSPS) is 13.7. The number of ether oxygens (including phenoxy) is 3. The standard InChI is InChI=1S/C36H36F2N6O5/c1-23-19-34(45)44(41-35(23)36(46)40-28-8-5-4-7-26(28)37)24-9-10-31(27(38)20-24)49-30-11-12-39-29-22-33(32(47-3)21-25(29)30)48-18-6-13-43-16-14-42(2)15-17-43/h4-5,7-12,19-22H,6,13-18H2,1-3H3,(H,40,46). The van der Waals surface area contributed by atoms with E-state index in [1.165, 1.54) is 43.3 Å². The molecule has 6 rings (SSSR count). The number of likely N-dealkylation sites (N-methyl/N-ethyl adjacent to an activating group) is 1. The molecule has 11 nitrogen and oxygen atoms in total. The third-order valence-electron chi connectivity index (χ3n) is 8.30. The van der Waals surface area contributed by atoms with Crippen molar-refractivity contribution in [2.75, 3.05) is 58.8 Å². The van der Waals surface area contributed by atoms with Crippen LogP contribution in [0.5, 0.6) is 23.0 Å². The quantitative estimate of drug-likeness (QED) is 0.184. The Labute approximate surface area is 281 Å². The smallest absolute Gasteiger partial charge is 0.276 e. The third-order valence-corrected chi connectivity index (χ3v) is 8.30. The minimum absolute atomic E-state index is 0.0410. The fourth-order valence-electron chi connectivity index (χ4n) is 5.55. The Bertz CT molecular complexity index is 2050. The van der Waals surface area contributed by atoms with Crippen LogP contribution in [0.4, 0.5) is 14.5 Å². The van der Waals surface area contributed by atoms with E-state index in [4.69, 9.17) is 14.2 Å². The van der Waals surface area contributed by atoms with Gasteiger partial charge in [0.05, 0.1) is 30.6 Å². The van der Waals surface area contributed by atoms with Gasteiger partial charge in [-0.3, -0.25) is 14.6 Å². The van der Waals surface area contributed by atoms with Crippen molar-refractivity contribution in [2.45, 2.75) is 13.3 Å². The maximum atomic E-state index is 15.5. The van der Waals surface area contributed by atoms with Crippen LogP contribution in [0.2, 0.25) is 0 Å². The molecule has 13 heteroatoms. The highest BCUT2D eigenvalue weighted by atomic mass is 19.1. The molecule has 1 aliphatic heterocycles. The molecule has 3 heterocycles. The Morgan fingerprint density at radius 1 is 0.918 bits per heavy atom. The van der Waals surface area contributed by atoms with E-state index in [-0.39, 0.29) is 28.4 Å². The fraction of sp³-hybridized carbons (Fsp3) is 0.278. The number of methoxy groups -OCH3 is 1. The van der Waals surface area contributed by atoms with E-state index in [0.717, 1.165) is 49.9 Å². The van der Waals surface area contributed by atoms with Crippen molar-refractivity contribution in [3.63, 3.8) is 0 Å². The van der Waals surface area contributed by atoms with Crippen molar-refractivity contribution in [1.82, 2.24) is 24.6 Å². The Kier molecular flexibility index (Phi) is 10.1. The lowest BCUT2D eigenvalue weighted by Crippen LogP contribution is -2.44. The molecule has 0 radical (unpaired) electrons. The Balaban J connectivity index is 1.18. The highest BCUT2D eigenvalue weighted by Gasteiger charge is 2.19. The van der Waals surface area contributed by atoms with Gasteiger partial charge < -0.3 is 29.3 Å². The first kappa shape index (κ1) is 33.5. The number of pyridine rings is 1. The number of para-hydroxylation sites is 1. The first-order valence-corrected chi connectivity index (χ1v) is 15.9. The molecule has 0 atom stereocenters. The van der Waals surface area contributed by atoms with Crippen LogP contribution in [0.1, 0.15) is 22.5 Å². The number of nitrogens with one attached hydrogen (secondary N) is 1. The van der Waals surface area contributed by atoms with Crippen molar-refractivity contribution in [1.29, 1.82) is 0 Å². The van der Waals surface area contributed by atoms with E-state index in [2.05, 4.69) is 32.2 Å². The van der Waals surface area contributed by atoms with Gasteiger partial charge in [-0.2, -0.15) is 9.78 Å². The molecule has 2 aromatic heterocycles. The number of anilines is 1. The summed E-state index contributed by atoms with van der Waals surface area (Å²) < 4.78 is 48.2. The first-order chi connectivity index (χ1) is 23.7. The lowest BCUT2D eigenvalue weighted by atomic mass is 10.1. The second-order valence-electron chi connectivity index (χ2n) is 11.8. The number of halogens is 2. The van der Waals surface area contributed by atoms with Crippen LogP contribution < -0.4 is 25.1 Å². The molecule has 1 aliphatic rings. The van der Waals surface area contributed by atoms with Gasteiger partial charge in [0.15, 0.2) is 28.8 Å². The van der Waals surface area contributed by atoms with Gasteiger partial charge in [0.2, 0.25) is 0 Å². The Hall–Kier alpha value is -5.40. The van der Waals surface area contributed by atoms with Crippen molar-refractivity contribution < 1.29 is 27.8 Å². The number of nitrogens with zero attached hydrogens (tertiary/aromatic N) is 5. The van der Waals surface area contributed by atoms with Crippen molar-refractivity contribution in [2.24, 2.45) is 0 Å². The number of aryl methyl sites for hydroxylation is 1. The third kappa shape index (κ3) is 7.68. The lowest BCUT2D eigenvalue weighted by Gasteiger charge is -2.32. The molecule has 0 bridgehead atoms.